The van der Waals surface area contributed by atoms with Gasteiger partial charge in [-0.15, -0.1) is 0 Å². The first-order valence-corrected chi connectivity index (χ1v) is 14.8. The molecule has 0 N–H and O–H groups in total. The molecule has 0 saturated heterocycles. The van der Waals surface area contributed by atoms with E-state index in [2.05, 4.69) is 60.1 Å². The molecule has 40 heavy (non-hydrogen) atoms. The minimum Gasteiger partial charge on any atom is -0.469 e. The van der Waals surface area contributed by atoms with Crippen molar-refractivity contribution in [2.75, 3.05) is 20.2 Å². The molecule has 0 unspecified atom stereocenters. The van der Waals surface area contributed by atoms with Crippen LogP contribution in [0.2, 0.25) is 0 Å². The molecule has 4 saturated carbocycles. The Hall–Kier alpha value is -2.94. The van der Waals surface area contributed by atoms with Crippen LogP contribution in [0.4, 0.5) is 0 Å². The maximum Gasteiger partial charge on any atom is 0.312 e. The summed E-state index contributed by atoms with van der Waals surface area (Å²) in [5.41, 5.74) is 19.2. The molecule has 4 aliphatic rings. The average Bonchev–Trinajstić information content (AvgIpc) is 3.34. The first kappa shape index (κ1) is 30.0. The van der Waals surface area contributed by atoms with Crippen LogP contribution < -0.4 is 0 Å². The molecule has 0 radical (unpaired) electrons. The summed E-state index contributed by atoms with van der Waals surface area (Å²) in [5, 5.41) is 17.3. The lowest BCUT2D eigenvalue weighted by molar-refractivity contribution is -0.220. The second-order valence-electron chi connectivity index (χ2n) is 13.7. The number of fused-ring (bicyclic) bond motifs is 5. The number of nitrogens with zero attached hydrogens (tertiary/aromatic N) is 7. The van der Waals surface area contributed by atoms with Crippen LogP contribution in [0.3, 0.4) is 0 Å². The van der Waals surface area contributed by atoms with E-state index in [-0.39, 0.29) is 46.5 Å². The lowest BCUT2D eigenvalue weighted by Gasteiger charge is -2.70. The van der Waals surface area contributed by atoms with Crippen molar-refractivity contribution in [2.24, 2.45) is 61.5 Å². The fourth-order valence-electron chi connectivity index (χ4n) is 10.8. The molecule has 0 spiro atoms. The summed E-state index contributed by atoms with van der Waals surface area (Å²) < 4.78 is 5.47. The Bertz CT molecular complexity index is 1200. The van der Waals surface area contributed by atoms with Crippen molar-refractivity contribution in [2.45, 2.75) is 85.0 Å². The minimum absolute atomic E-state index is 0.00944. The standard InChI is InChI=1S/C31H45N7O2/c1-20(18-35-37-33)22-10-14-31(27(39)40-6)16-15-29(4)24(26(22)31)8-9-25-28(3,12-7-17-32)23(11-13-30(25,29)5)21(2)19-36-38-34/h22-26H,1-2,7-16,18-19H2,3-6H3/t22-,23-,24+,25+,26+,28-,29+,30+,31-/m0/s1. The summed E-state index contributed by atoms with van der Waals surface area (Å²) in [7, 11) is 1.51. The van der Waals surface area contributed by atoms with Crippen LogP contribution in [0.1, 0.15) is 85.0 Å². The number of carbonyl (C=O) groups excluding carboxylic acids is 1. The van der Waals surface area contributed by atoms with Gasteiger partial charge < -0.3 is 4.74 Å². The van der Waals surface area contributed by atoms with Crippen LogP contribution >= 0.6 is 0 Å². The Labute approximate surface area is 238 Å². The van der Waals surface area contributed by atoms with E-state index in [0.29, 0.717) is 24.8 Å². The number of hydrogen-bond donors (Lipinski definition) is 0. The van der Waals surface area contributed by atoms with Gasteiger partial charge in [0, 0.05) is 29.3 Å². The fraction of sp³-hybridized carbons (Fsp3) is 0.806. The van der Waals surface area contributed by atoms with Crippen molar-refractivity contribution < 1.29 is 9.53 Å². The Morgan fingerprint density at radius 3 is 2.27 bits per heavy atom. The zero-order valence-electron chi connectivity index (χ0n) is 24.7. The number of hydrogen-bond acceptors (Lipinski definition) is 5. The summed E-state index contributed by atoms with van der Waals surface area (Å²) >= 11 is 0. The smallest absolute Gasteiger partial charge is 0.312 e. The molecule has 4 rings (SSSR count). The maximum absolute atomic E-state index is 13.5. The lowest BCUT2D eigenvalue weighted by Crippen LogP contribution is -2.64. The number of rotatable bonds is 9. The van der Waals surface area contributed by atoms with E-state index < -0.39 is 5.41 Å². The molecule has 0 heterocycles. The first-order valence-electron chi connectivity index (χ1n) is 14.8. The van der Waals surface area contributed by atoms with Crippen molar-refractivity contribution in [1.82, 2.24) is 0 Å². The molecule has 0 bridgehead atoms. The average molecular weight is 548 g/mol. The number of ether oxygens (including phenoxy) is 1. The van der Waals surface area contributed by atoms with Gasteiger partial charge in [0.1, 0.15) is 0 Å². The Kier molecular flexibility index (Phi) is 8.37. The number of nitriles is 1. The Morgan fingerprint density at radius 2 is 1.65 bits per heavy atom. The summed E-state index contributed by atoms with van der Waals surface area (Å²) in [6, 6.07) is 2.40. The Balaban J connectivity index is 1.77. The van der Waals surface area contributed by atoms with E-state index >= 15 is 0 Å². The van der Waals surface area contributed by atoms with E-state index in [1.165, 1.54) is 7.11 Å². The highest BCUT2D eigenvalue weighted by atomic mass is 16.5. The summed E-state index contributed by atoms with van der Waals surface area (Å²) in [4.78, 5) is 19.5. The van der Waals surface area contributed by atoms with E-state index in [9.17, 15) is 10.1 Å². The van der Waals surface area contributed by atoms with Crippen molar-refractivity contribution in [3.8, 4) is 6.07 Å². The molecular weight excluding hydrogens is 502 g/mol. The van der Waals surface area contributed by atoms with Crippen LogP contribution in [0, 0.1) is 62.6 Å². The van der Waals surface area contributed by atoms with Gasteiger partial charge in [0.25, 0.3) is 0 Å². The lowest BCUT2D eigenvalue weighted by atomic mass is 9.34. The van der Waals surface area contributed by atoms with Crippen LogP contribution in [-0.4, -0.2) is 26.2 Å². The van der Waals surface area contributed by atoms with Crippen molar-refractivity contribution in [1.29, 1.82) is 5.26 Å². The first-order chi connectivity index (χ1) is 19.0. The van der Waals surface area contributed by atoms with Gasteiger partial charge in [-0.05, 0) is 115 Å². The number of methoxy groups -OCH3 is 1. The third-order valence-electron chi connectivity index (χ3n) is 12.8. The molecule has 9 atom stereocenters. The predicted molar refractivity (Wildman–Crippen MR) is 154 cm³/mol. The van der Waals surface area contributed by atoms with Crippen LogP contribution in [-0.2, 0) is 9.53 Å². The van der Waals surface area contributed by atoms with Gasteiger partial charge in [0.15, 0.2) is 0 Å². The van der Waals surface area contributed by atoms with Crippen LogP contribution in [0.5, 0.6) is 0 Å². The molecule has 0 aromatic carbocycles. The summed E-state index contributed by atoms with van der Waals surface area (Å²) in [6.07, 6.45) is 8.72. The van der Waals surface area contributed by atoms with Gasteiger partial charge in [0.2, 0.25) is 0 Å². The van der Waals surface area contributed by atoms with Gasteiger partial charge >= 0.3 is 5.97 Å². The molecule has 0 aromatic rings. The molecule has 9 nitrogen and oxygen atoms in total. The zero-order chi connectivity index (χ0) is 29.3. The van der Waals surface area contributed by atoms with E-state index in [1.807, 2.05) is 0 Å². The van der Waals surface area contributed by atoms with Gasteiger partial charge in [-0.25, -0.2) is 0 Å². The molecule has 0 aliphatic heterocycles. The third-order valence-corrected chi connectivity index (χ3v) is 12.8. The monoisotopic (exact) mass is 547 g/mol. The van der Waals surface area contributed by atoms with Crippen molar-refractivity contribution >= 4 is 5.97 Å². The van der Waals surface area contributed by atoms with E-state index in [1.54, 1.807) is 0 Å². The van der Waals surface area contributed by atoms with Gasteiger partial charge in [-0.3, -0.25) is 4.79 Å². The van der Waals surface area contributed by atoms with Crippen LogP contribution in [0.25, 0.3) is 20.9 Å². The van der Waals surface area contributed by atoms with Crippen LogP contribution in [0.15, 0.2) is 34.5 Å². The second kappa shape index (κ2) is 11.1. The highest BCUT2D eigenvalue weighted by Gasteiger charge is 2.70. The zero-order valence-corrected chi connectivity index (χ0v) is 24.7. The van der Waals surface area contributed by atoms with Crippen molar-refractivity contribution in [3.05, 3.63) is 45.2 Å². The number of azide groups is 2. The highest BCUT2D eigenvalue weighted by molar-refractivity contribution is 5.78. The number of carbonyl (C=O) groups is 1. The Morgan fingerprint density at radius 1 is 0.975 bits per heavy atom. The third kappa shape index (κ3) is 4.32. The molecule has 9 heteroatoms. The van der Waals surface area contributed by atoms with E-state index in [0.717, 1.165) is 68.9 Å². The molecule has 4 aliphatic carbocycles. The summed E-state index contributed by atoms with van der Waals surface area (Å²) in [6.45, 7) is 16.6. The van der Waals surface area contributed by atoms with E-state index in [4.69, 9.17) is 15.8 Å². The minimum atomic E-state index is -0.517. The van der Waals surface area contributed by atoms with Crippen molar-refractivity contribution in [3.63, 3.8) is 0 Å². The largest absolute Gasteiger partial charge is 0.469 e. The predicted octanol–water partition coefficient (Wildman–Crippen LogP) is 8.46. The van der Waals surface area contributed by atoms with Gasteiger partial charge in [0.05, 0.1) is 18.6 Å². The second-order valence-corrected chi connectivity index (χ2v) is 13.7. The topological polar surface area (TPSA) is 148 Å². The quantitative estimate of drug-likeness (QED) is 0.0936. The normalized spacial score (nSPS) is 41.5. The molecule has 216 valence electrons. The molecular formula is C31H45N7O2. The maximum atomic E-state index is 13.5. The molecule has 4 fully saturated rings. The number of esters is 1. The molecule has 0 aromatic heterocycles. The van der Waals surface area contributed by atoms with Gasteiger partial charge in [-0.2, -0.15) is 5.26 Å². The SMILES string of the molecule is C=C(CN=[N+]=[N-])[C@@H]1CC[C@]2(C(=O)OC)CC[C@]3(C)[C@H](CC[C@@H]4[C@@](C)(CCC#N)[C@H](C(=C)CN=[N+]=[N-])CC[C@]43C)[C@@H]12. The fourth-order valence-corrected chi connectivity index (χ4v) is 10.8. The highest BCUT2D eigenvalue weighted by Crippen LogP contribution is 2.76. The molecule has 0 amide bonds. The summed E-state index contributed by atoms with van der Waals surface area (Å²) in [5.74, 6) is 1.04. The van der Waals surface area contributed by atoms with Gasteiger partial charge in [-0.1, -0.05) is 55.3 Å².